The van der Waals surface area contributed by atoms with Gasteiger partial charge in [-0.15, -0.1) is 0 Å². The molecule has 0 N–H and O–H groups in total. The summed E-state index contributed by atoms with van der Waals surface area (Å²) in [4.78, 5) is 17.2. The zero-order valence-electron chi connectivity index (χ0n) is 12.9. The van der Waals surface area contributed by atoms with Gasteiger partial charge in [-0.3, -0.25) is 9.69 Å². The topological polar surface area (TPSA) is 45.9 Å². The minimum atomic E-state index is 0.0531. The van der Waals surface area contributed by atoms with E-state index in [4.69, 9.17) is 9.15 Å². The molecule has 3 fully saturated rings. The van der Waals surface area contributed by atoms with Gasteiger partial charge in [0.15, 0.2) is 0 Å². The minimum absolute atomic E-state index is 0.0531. The number of piperidine rings is 1. The molecule has 5 nitrogen and oxygen atoms in total. The Balaban J connectivity index is 1.39. The summed E-state index contributed by atoms with van der Waals surface area (Å²) in [7, 11) is 0. The van der Waals surface area contributed by atoms with E-state index >= 15 is 0 Å². The fourth-order valence-corrected chi connectivity index (χ4v) is 3.67. The molecule has 2 aliphatic heterocycles. The van der Waals surface area contributed by atoms with Crippen LogP contribution in [0.2, 0.25) is 0 Å². The van der Waals surface area contributed by atoms with Crippen molar-refractivity contribution in [3.05, 3.63) is 24.2 Å². The molecule has 0 bridgehead atoms. The van der Waals surface area contributed by atoms with Crippen LogP contribution in [0.5, 0.6) is 0 Å². The first-order valence-corrected chi connectivity index (χ1v) is 8.43. The first kappa shape index (κ1) is 14.3. The average Bonchev–Trinajstić information content (AvgIpc) is 3.23. The third kappa shape index (κ3) is 3.06. The lowest BCUT2D eigenvalue weighted by Gasteiger charge is -2.37. The van der Waals surface area contributed by atoms with Gasteiger partial charge >= 0.3 is 0 Å². The van der Waals surface area contributed by atoms with Crippen LogP contribution in [0.4, 0.5) is 0 Å². The molecule has 0 radical (unpaired) electrons. The smallest absolute Gasteiger partial charge is 0.228 e. The van der Waals surface area contributed by atoms with Gasteiger partial charge in [0, 0.05) is 31.7 Å². The van der Waals surface area contributed by atoms with Crippen LogP contribution in [0.15, 0.2) is 23.0 Å². The van der Waals surface area contributed by atoms with Crippen molar-refractivity contribution < 1.29 is 13.9 Å². The summed E-state index contributed by atoms with van der Waals surface area (Å²) in [6, 6.07) is 2.00. The zero-order valence-corrected chi connectivity index (χ0v) is 12.9. The molecular formula is C17H24N2O3. The highest BCUT2D eigenvalue weighted by molar-refractivity contribution is 5.80. The van der Waals surface area contributed by atoms with Gasteiger partial charge in [0.25, 0.3) is 0 Å². The average molecular weight is 304 g/mol. The number of fused-ring (bicyclic) bond motifs is 1. The monoisotopic (exact) mass is 304 g/mol. The van der Waals surface area contributed by atoms with Crippen molar-refractivity contribution in [3.8, 4) is 0 Å². The van der Waals surface area contributed by atoms with Gasteiger partial charge in [-0.05, 0) is 37.8 Å². The second-order valence-electron chi connectivity index (χ2n) is 6.90. The second-order valence-corrected chi connectivity index (χ2v) is 6.90. The Morgan fingerprint density at radius 3 is 2.91 bits per heavy atom. The minimum Gasteiger partial charge on any atom is -0.472 e. The van der Waals surface area contributed by atoms with E-state index < -0.39 is 0 Å². The first-order valence-electron chi connectivity index (χ1n) is 8.43. The summed E-state index contributed by atoms with van der Waals surface area (Å²) in [6.07, 6.45) is 7.04. The van der Waals surface area contributed by atoms with E-state index in [9.17, 15) is 4.79 Å². The lowest BCUT2D eigenvalue weighted by atomic mass is 9.92. The van der Waals surface area contributed by atoms with Crippen LogP contribution in [0.1, 0.15) is 24.8 Å². The molecule has 5 heteroatoms. The molecule has 2 saturated heterocycles. The number of amides is 1. The summed E-state index contributed by atoms with van der Waals surface area (Å²) in [5.74, 6) is 1.14. The molecule has 3 heterocycles. The SMILES string of the molecule is O=C1[C@@H]2CCN(Cc3ccoc3)C[C@@H]2OCCN1CC1CC1. The van der Waals surface area contributed by atoms with Crippen LogP contribution in [0, 0.1) is 11.8 Å². The third-order valence-electron chi connectivity index (χ3n) is 5.13. The standard InChI is InChI=1S/C17H24N2O3/c20-17-15-3-5-18(9-14-4-7-21-12-14)11-16(15)22-8-6-19(17)10-13-1-2-13/h4,7,12-13,15-16H,1-3,5-6,8-11H2/t15-,16+/m1/s1. The maximum atomic E-state index is 12.8. The van der Waals surface area contributed by atoms with E-state index in [1.807, 2.05) is 6.07 Å². The lowest BCUT2D eigenvalue weighted by Crippen LogP contribution is -2.49. The predicted molar refractivity (Wildman–Crippen MR) is 81.1 cm³/mol. The van der Waals surface area contributed by atoms with Crippen LogP contribution in [0.25, 0.3) is 0 Å². The van der Waals surface area contributed by atoms with Crippen molar-refractivity contribution in [2.24, 2.45) is 11.8 Å². The molecular weight excluding hydrogens is 280 g/mol. The summed E-state index contributed by atoms with van der Waals surface area (Å²) >= 11 is 0. The summed E-state index contributed by atoms with van der Waals surface area (Å²) in [5.41, 5.74) is 1.19. The third-order valence-corrected chi connectivity index (χ3v) is 5.13. The van der Waals surface area contributed by atoms with E-state index in [0.717, 1.165) is 45.1 Å². The van der Waals surface area contributed by atoms with Crippen LogP contribution in [-0.2, 0) is 16.1 Å². The lowest BCUT2D eigenvalue weighted by molar-refractivity contribution is -0.139. The van der Waals surface area contributed by atoms with E-state index in [2.05, 4.69) is 9.80 Å². The highest BCUT2D eigenvalue weighted by atomic mass is 16.5. The highest BCUT2D eigenvalue weighted by Crippen LogP contribution is 2.32. The number of hydrogen-bond acceptors (Lipinski definition) is 4. The fraction of sp³-hybridized carbons (Fsp3) is 0.706. The Hall–Kier alpha value is -1.33. The van der Waals surface area contributed by atoms with Crippen molar-refractivity contribution in [2.45, 2.75) is 31.9 Å². The molecule has 0 aromatic carbocycles. The Labute approximate surface area is 131 Å². The van der Waals surface area contributed by atoms with Crippen molar-refractivity contribution in [2.75, 3.05) is 32.8 Å². The molecule has 4 rings (SSSR count). The second kappa shape index (κ2) is 6.05. The number of likely N-dealkylation sites (tertiary alicyclic amines) is 1. The van der Waals surface area contributed by atoms with Crippen LogP contribution >= 0.6 is 0 Å². The van der Waals surface area contributed by atoms with Crippen molar-refractivity contribution in [3.63, 3.8) is 0 Å². The molecule has 1 aliphatic carbocycles. The molecule has 1 aromatic heterocycles. The number of furan rings is 1. The normalized spacial score (nSPS) is 30.2. The van der Waals surface area contributed by atoms with Crippen LogP contribution < -0.4 is 0 Å². The first-order chi connectivity index (χ1) is 10.8. The van der Waals surface area contributed by atoms with Gasteiger partial charge in [0.1, 0.15) is 0 Å². The maximum Gasteiger partial charge on any atom is 0.228 e. The van der Waals surface area contributed by atoms with Gasteiger partial charge in [-0.1, -0.05) is 0 Å². The van der Waals surface area contributed by atoms with Gasteiger partial charge in [-0.2, -0.15) is 0 Å². The van der Waals surface area contributed by atoms with E-state index in [-0.39, 0.29) is 12.0 Å². The number of carbonyl (C=O) groups excluding carboxylic acids is 1. The summed E-state index contributed by atoms with van der Waals surface area (Å²) in [6.45, 7) is 5.08. The number of nitrogens with zero attached hydrogens (tertiary/aromatic N) is 2. The molecule has 0 unspecified atom stereocenters. The summed E-state index contributed by atoms with van der Waals surface area (Å²) < 4.78 is 11.2. The zero-order chi connectivity index (χ0) is 14.9. The quantitative estimate of drug-likeness (QED) is 0.850. The van der Waals surface area contributed by atoms with E-state index in [0.29, 0.717) is 12.5 Å². The molecule has 0 spiro atoms. The van der Waals surface area contributed by atoms with Crippen LogP contribution in [-0.4, -0.2) is 54.6 Å². The molecule has 120 valence electrons. The molecule has 22 heavy (non-hydrogen) atoms. The van der Waals surface area contributed by atoms with Gasteiger partial charge < -0.3 is 14.1 Å². The molecule has 2 atom stereocenters. The van der Waals surface area contributed by atoms with Crippen LogP contribution in [0.3, 0.4) is 0 Å². The Morgan fingerprint density at radius 1 is 1.23 bits per heavy atom. The molecule has 1 aromatic rings. The summed E-state index contributed by atoms with van der Waals surface area (Å²) in [5, 5.41) is 0. The highest BCUT2D eigenvalue weighted by Gasteiger charge is 2.40. The van der Waals surface area contributed by atoms with Crippen molar-refractivity contribution in [1.82, 2.24) is 9.80 Å². The number of ether oxygens (including phenoxy) is 1. The van der Waals surface area contributed by atoms with Crippen molar-refractivity contribution in [1.29, 1.82) is 0 Å². The molecule has 3 aliphatic rings. The van der Waals surface area contributed by atoms with Crippen molar-refractivity contribution >= 4 is 5.91 Å². The number of rotatable bonds is 4. The van der Waals surface area contributed by atoms with Gasteiger partial charge in [-0.25, -0.2) is 0 Å². The van der Waals surface area contributed by atoms with Gasteiger partial charge in [0.05, 0.1) is 31.2 Å². The molecule has 1 saturated carbocycles. The van der Waals surface area contributed by atoms with E-state index in [1.165, 1.54) is 18.4 Å². The Kier molecular flexibility index (Phi) is 3.92. The predicted octanol–water partition coefficient (Wildman–Crippen LogP) is 1.74. The number of hydrogen-bond donors (Lipinski definition) is 0. The molecule has 1 amide bonds. The fourth-order valence-electron chi connectivity index (χ4n) is 3.67. The Bertz CT molecular complexity index is 512. The van der Waals surface area contributed by atoms with E-state index in [1.54, 1.807) is 12.5 Å². The largest absolute Gasteiger partial charge is 0.472 e. The Morgan fingerprint density at radius 2 is 2.14 bits per heavy atom. The van der Waals surface area contributed by atoms with Gasteiger partial charge in [0.2, 0.25) is 5.91 Å². The number of carbonyl (C=O) groups is 1. The maximum absolute atomic E-state index is 12.8.